The van der Waals surface area contributed by atoms with E-state index in [1.807, 2.05) is 6.92 Å². The second-order valence-electron chi connectivity index (χ2n) is 8.83. The van der Waals surface area contributed by atoms with Crippen LogP contribution in [0.15, 0.2) is 42.0 Å². The molecule has 1 amide bonds. The van der Waals surface area contributed by atoms with Crippen molar-refractivity contribution in [2.75, 3.05) is 33.5 Å². The Labute approximate surface area is 205 Å². The summed E-state index contributed by atoms with van der Waals surface area (Å²) in [6.45, 7) is 8.99. The summed E-state index contributed by atoms with van der Waals surface area (Å²) in [6.07, 6.45) is 0. The molecule has 1 aliphatic rings. The molecule has 2 aromatic rings. The van der Waals surface area contributed by atoms with Crippen LogP contribution in [0.25, 0.3) is 5.76 Å². The molecule has 8 heteroatoms. The zero-order valence-electron chi connectivity index (χ0n) is 20.8. The van der Waals surface area contributed by atoms with E-state index in [1.165, 1.54) is 18.1 Å². The SMILES string of the molecule is CCOc1cc(C2/C(=C(/O)c3ccc(OCC(C)C)c(C)c3)C(=O)C(=O)N2CCOC)ccc1O. The van der Waals surface area contributed by atoms with Crippen LogP contribution in [-0.2, 0) is 14.3 Å². The number of ether oxygens (including phenoxy) is 3. The van der Waals surface area contributed by atoms with Gasteiger partial charge in [-0.05, 0) is 61.2 Å². The molecular weight excluding hydrogens is 450 g/mol. The highest BCUT2D eigenvalue weighted by Gasteiger charge is 2.46. The molecule has 188 valence electrons. The van der Waals surface area contributed by atoms with Crippen molar-refractivity contribution in [2.45, 2.75) is 33.7 Å². The minimum absolute atomic E-state index is 0.0329. The molecule has 0 spiro atoms. The fourth-order valence-corrected chi connectivity index (χ4v) is 3.99. The van der Waals surface area contributed by atoms with Gasteiger partial charge in [-0.1, -0.05) is 19.9 Å². The Balaban J connectivity index is 2.11. The molecule has 1 fully saturated rings. The molecule has 0 aliphatic carbocycles. The average Bonchev–Trinajstić information content (AvgIpc) is 3.07. The first kappa shape index (κ1) is 26.1. The lowest BCUT2D eigenvalue weighted by Crippen LogP contribution is -2.32. The van der Waals surface area contributed by atoms with Crippen molar-refractivity contribution >= 4 is 17.4 Å². The maximum Gasteiger partial charge on any atom is 0.295 e. The fraction of sp³-hybridized carbons (Fsp3) is 0.407. The number of likely N-dealkylation sites (tertiary alicyclic amines) is 1. The average molecular weight is 484 g/mol. The summed E-state index contributed by atoms with van der Waals surface area (Å²) >= 11 is 0. The van der Waals surface area contributed by atoms with Gasteiger partial charge in [0.2, 0.25) is 0 Å². The summed E-state index contributed by atoms with van der Waals surface area (Å²) < 4.78 is 16.5. The van der Waals surface area contributed by atoms with Crippen LogP contribution < -0.4 is 9.47 Å². The third-order valence-corrected chi connectivity index (χ3v) is 5.70. The molecule has 2 aromatic carbocycles. The number of phenolic OH excluding ortho intramolecular Hbond substituents is 1. The molecule has 35 heavy (non-hydrogen) atoms. The van der Waals surface area contributed by atoms with E-state index in [4.69, 9.17) is 14.2 Å². The Morgan fingerprint density at radius 1 is 1.09 bits per heavy atom. The Morgan fingerprint density at radius 3 is 2.46 bits per heavy atom. The molecule has 0 bridgehead atoms. The Bertz CT molecular complexity index is 1120. The molecule has 3 rings (SSSR count). The number of carbonyl (C=O) groups is 2. The minimum atomic E-state index is -0.873. The van der Waals surface area contributed by atoms with Crippen LogP contribution in [0.3, 0.4) is 0 Å². The Hall–Kier alpha value is -3.52. The van der Waals surface area contributed by atoms with Crippen LogP contribution in [0, 0.1) is 12.8 Å². The van der Waals surface area contributed by atoms with Crippen molar-refractivity contribution < 1.29 is 34.0 Å². The second kappa shape index (κ2) is 11.3. The van der Waals surface area contributed by atoms with Gasteiger partial charge in [0.15, 0.2) is 11.5 Å². The standard InChI is InChI=1S/C27H33NO7/c1-6-34-22-14-18(7-9-20(22)29)24-23(26(31)27(32)28(24)11-12-33-5)25(30)19-8-10-21(17(4)13-19)35-15-16(2)3/h7-10,13-14,16,24,29-30H,6,11-12,15H2,1-5H3/b25-23-. The quantitative estimate of drug-likeness (QED) is 0.296. The third kappa shape index (κ3) is 5.59. The number of aromatic hydroxyl groups is 1. The molecule has 0 saturated carbocycles. The number of Topliss-reactive ketones (excluding diaryl/α,β-unsaturated/α-hetero) is 1. The van der Waals surface area contributed by atoms with Gasteiger partial charge in [-0.2, -0.15) is 0 Å². The molecule has 8 nitrogen and oxygen atoms in total. The molecule has 1 saturated heterocycles. The van der Waals surface area contributed by atoms with E-state index >= 15 is 0 Å². The predicted octanol–water partition coefficient (Wildman–Crippen LogP) is 4.20. The number of rotatable bonds is 10. The first-order valence-electron chi connectivity index (χ1n) is 11.7. The molecule has 1 aliphatic heterocycles. The van der Waals surface area contributed by atoms with Crippen molar-refractivity contribution in [2.24, 2.45) is 5.92 Å². The second-order valence-corrected chi connectivity index (χ2v) is 8.83. The summed E-state index contributed by atoms with van der Waals surface area (Å²) in [5.41, 5.74) is 1.69. The summed E-state index contributed by atoms with van der Waals surface area (Å²) in [5.74, 6) is -0.579. The first-order valence-corrected chi connectivity index (χ1v) is 11.7. The molecule has 1 unspecified atom stereocenters. The highest BCUT2D eigenvalue weighted by molar-refractivity contribution is 6.46. The van der Waals surface area contributed by atoms with Crippen LogP contribution in [0.4, 0.5) is 0 Å². The van der Waals surface area contributed by atoms with Gasteiger partial charge in [0.05, 0.1) is 31.4 Å². The summed E-state index contributed by atoms with van der Waals surface area (Å²) in [6, 6.07) is 8.90. The highest BCUT2D eigenvalue weighted by atomic mass is 16.5. The van der Waals surface area contributed by atoms with Crippen LogP contribution in [-0.4, -0.2) is 60.3 Å². The lowest BCUT2D eigenvalue weighted by Gasteiger charge is -2.25. The maximum atomic E-state index is 13.1. The number of ketones is 1. The van der Waals surface area contributed by atoms with Crippen molar-refractivity contribution in [1.29, 1.82) is 0 Å². The largest absolute Gasteiger partial charge is 0.507 e. The summed E-state index contributed by atoms with van der Waals surface area (Å²) in [5, 5.41) is 21.4. The first-order chi connectivity index (χ1) is 16.7. The van der Waals surface area contributed by atoms with Crippen molar-refractivity contribution in [3.63, 3.8) is 0 Å². The highest BCUT2D eigenvalue weighted by Crippen LogP contribution is 2.42. The van der Waals surface area contributed by atoms with Gasteiger partial charge in [-0.25, -0.2) is 0 Å². The number of amides is 1. The number of aryl methyl sites for hydroxylation is 1. The zero-order valence-corrected chi connectivity index (χ0v) is 20.8. The van der Waals surface area contributed by atoms with Crippen LogP contribution in [0.5, 0.6) is 17.2 Å². The number of methoxy groups -OCH3 is 1. The van der Waals surface area contributed by atoms with Gasteiger partial charge in [0.1, 0.15) is 11.5 Å². The monoisotopic (exact) mass is 483 g/mol. The molecule has 2 N–H and O–H groups in total. The number of phenols is 1. The number of nitrogens with zero attached hydrogens (tertiary/aromatic N) is 1. The Morgan fingerprint density at radius 2 is 1.83 bits per heavy atom. The molecular formula is C27H33NO7. The molecule has 1 atom stereocenters. The van der Waals surface area contributed by atoms with Gasteiger partial charge >= 0.3 is 0 Å². The topological polar surface area (TPSA) is 106 Å². The van der Waals surface area contributed by atoms with E-state index in [0.29, 0.717) is 36.0 Å². The van der Waals surface area contributed by atoms with Crippen molar-refractivity contribution in [3.05, 3.63) is 58.7 Å². The summed E-state index contributed by atoms with van der Waals surface area (Å²) in [7, 11) is 1.50. The number of aliphatic hydroxyl groups excluding tert-OH is 1. The fourth-order valence-electron chi connectivity index (χ4n) is 3.99. The number of hydrogen-bond acceptors (Lipinski definition) is 7. The summed E-state index contributed by atoms with van der Waals surface area (Å²) in [4.78, 5) is 27.5. The lowest BCUT2D eigenvalue weighted by molar-refractivity contribution is -0.140. The minimum Gasteiger partial charge on any atom is -0.507 e. The molecule has 1 heterocycles. The van der Waals surface area contributed by atoms with Gasteiger partial charge in [-0.15, -0.1) is 0 Å². The number of benzene rings is 2. The predicted molar refractivity (Wildman–Crippen MR) is 132 cm³/mol. The number of aliphatic hydroxyl groups is 1. The van der Waals surface area contributed by atoms with Gasteiger partial charge < -0.3 is 29.3 Å². The van der Waals surface area contributed by atoms with E-state index in [0.717, 1.165) is 5.56 Å². The van der Waals surface area contributed by atoms with E-state index in [1.54, 1.807) is 37.3 Å². The van der Waals surface area contributed by atoms with E-state index < -0.39 is 17.7 Å². The van der Waals surface area contributed by atoms with Crippen molar-refractivity contribution in [3.8, 4) is 17.2 Å². The van der Waals surface area contributed by atoms with E-state index in [-0.39, 0.29) is 36.0 Å². The third-order valence-electron chi connectivity index (χ3n) is 5.70. The van der Waals surface area contributed by atoms with E-state index in [2.05, 4.69) is 13.8 Å². The van der Waals surface area contributed by atoms with E-state index in [9.17, 15) is 19.8 Å². The van der Waals surface area contributed by atoms with Crippen LogP contribution >= 0.6 is 0 Å². The smallest absolute Gasteiger partial charge is 0.295 e. The normalized spacial score (nSPS) is 17.3. The van der Waals surface area contributed by atoms with Crippen molar-refractivity contribution in [1.82, 2.24) is 4.90 Å². The van der Waals surface area contributed by atoms with Crippen LogP contribution in [0.2, 0.25) is 0 Å². The Kier molecular flexibility index (Phi) is 8.40. The molecule has 0 radical (unpaired) electrons. The van der Waals surface area contributed by atoms with Crippen LogP contribution in [0.1, 0.15) is 43.5 Å². The van der Waals surface area contributed by atoms with Gasteiger partial charge in [0.25, 0.3) is 11.7 Å². The molecule has 0 aromatic heterocycles. The number of carbonyl (C=O) groups excluding carboxylic acids is 2. The number of hydrogen-bond donors (Lipinski definition) is 2. The lowest BCUT2D eigenvalue weighted by atomic mass is 9.94. The maximum absolute atomic E-state index is 13.1. The van der Waals surface area contributed by atoms with Gasteiger partial charge in [0, 0.05) is 19.2 Å². The zero-order chi connectivity index (χ0) is 25.7. The van der Waals surface area contributed by atoms with Gasteiger partial charge in [-0.3, -0.25) is 9.59 Å².